The number of ether oxygens (including phenoxy) is 1. The standard InChI is InChI=1S/C9H11N3O2/c1-2-5-13-7-4-3-6(10)8-9(7)12-14-11-8/h3-4H,2,5,10H2,1H3. The van der Waals surface area contributed by atoms with E-state index in [-0.39, 0.29) is 0 Å². The number of anilines is 1. The predicted molar refractivity (Wildman–Crippen MR) is 52.0 cm³/mol. The van der Waals surface area contributed by atoms with E-state index in [1.54, 1.807) is 12.1 Å². The Kier molecular flexibility index (Phi) is 2.22. The highest BCUT2D eigenvalue weighted by atomic mass is 16.6. The first-order chi connectivity index (χ1) is 6.83. The van der Waals surface area contributed by atoms with Crippen molar-refractivity contribution in [2.45, 2.75) is 13.3 Å². The molecule has 0 saturated carbocycles. The molecule has 2 rings (SSSR count). The van der Waals surface area contributed by atoms with E-state index in [4.69, 9.17) is 10.5 Å². The molecule has 74 valence electrons. The molecular formula is C9H11N3O2. The number of hydrogen-bond donors (Lipinski definition) is 1. The van der Waals surface area contributed by atoms with E-state index in [2.05, 4.69) is 14.9 Å². The summed E-state index contributed by atoms with van der Waals surface area (Å²) in [6.45, 7) is 2.68. The summed E-state index contributed by atoms with van der Waals surface area (Å²) in [6.07, 6.45) is 0.942. The Morgan fingerprint density at radius 3 is 2.93 bits per heavy atom. The summed E-state index contributed by atoms with van der Waals surface area (Å²) in [5, 5.41) is 7.44. The number of nitrogens with two attached hydrogens (primary N) is 1. The van der Waals surface area contributed by atoms with E-state index in [9.17, 15) is 0 Å². The number of nitrogen functional groups attached to an aromatic ring is 1. The molecule has 0 unspecified atom stereocenters. The predicted octanol–water partition coefficient (Wildman–Crippen LogP) is 1.59. The van der Waals surface area contributed by atoms with Gasteiger partial charge in [0, 0.05) is 0 Å². The third-order valence-electron chi connectivity index (χ3n) is 1.87. The van der Waals surface area contributed by atoms with Gasteiger partial charge in [0.15, 0.2) is 16.8 Å². The fraction of sp³-hybridized carbons (Fsp3) is 0.333. The Bertz CT molecular complexity index is 439. The van der Waals surface area contributed by atoms with Gasteiger partial charge in [-0.1, -0.05) is 6.92 Å². The molecule has 0 aliphatic carbocycles. The Morgan fingerprint density at radius 1 is 1.36 bits per heavy atom. The normalized spacial score (nSPS) is 10.6. The third kappa shape index (κ3) is 1.37. The smallest absolute Gasteiger partial charge is 0.179 e. The van der Waals surface area contributed by atoms with Gasteiger partial charge in [0.05, 0.1) is 12.3 Å². The number of hydrogen-bond acceptors (Lipinski definition) is 5. The molecule has 2 aromatic rings. The van der Waals surface area contributed by atoms with Crippen LogP contribution in [-0.4, -0.2) is 16.9 Å². The lowest BCUT2D eigenvalue weighted by Crippen LogP contribution is -1.96. The van der Waals surface area contributed by atoms with Crippen molar-refractivity contribution in [1.82, 2.24) is 10.3 Å². The van der Waals surface area contributed by atoms with Crippen molar-refractivity contribution in [3.63, 3.8) is 0 Å². The number of fused-ring (bicyclic) bond motifs is 1. The molecular weight excluding hydrogens is 182 g/mol. The van der Waals surface area contributed by atoms with Gasteiger partial charge >= 0.3 is 0 Å². The summed E-state index contributed by atoms with van der Waals surface area (Å²) in [5.74, 6) is 0.664. The molecule has 0 bridgehead atoms. The van der Waals surface area contributed by atoms with Crippen LogP contribution in [0.15, 0.2) is 16.8 Å². The van der Waals surface area contributed by atoms with E-state index < -0.39 is 0 Å². The summed E-state index contributed by atoms with van der Waals surface area (Å²) in [5.41, 5.74) is 7.36. The highest BCUT2D eigenvalue weighted by Crippen LogP contribution is 2.26. The van der Waals surface area contributed by atoms with Crippen LogP contribution >= 0.6 is 0 Å². The van der Waals surface area contributed by atoms with Gasteiger partial charge < -0.3 is 10.5 Å². The van der Waals surface area contributed by atoms with Gasteiger partial charge in [0.25, 0.3) is 0 Å². The van der Waals surface area contributed by atoms with Crippen molar-refractivity contribution in [3.8, 4) is 5.75 Å². The molecule has 1 aromatic heterocycles. The fourth-order valence-electron chi connectivity index (χ4n) is 1.19. The summed E-state index contributed by atoms with van der Waals surface area (Å²) in [7, 11) is 0. The highest BCUT2D eigenvalue weighted by molar-refractivity contribution is 5.90. The quantitative estimate of drug-likeness (QED) is 0.749. The highest BCUT2D eigenvalue weighted by Gasteiger charge is 2.10. The molecule has 0 fully saturated rings. The first-order valence-corrected chi connectivity index (χ1v) is 4.46. The van der Waals surface area contributed by atoms with Gasteiger partial charge in [-0.3, -0.25) is 0 Å². The van der Waals surface area contributed by atoms with Gasteiger partial charge in [0.2, 0.25) is 0 Å². The first-order valence-electron chi connectivity index (χ1n) is 4.46. The van der Waals surface area contributed by atoms with Gasteiger partial charge in [-0.2, -0.15) is 0 Å². The lowest BCUT2D eigenvalue weighted by Gasteiger charge is -2.04. The van der Waals surface area contributed by atoms with Crippen LogP contribution in [0.25, 0.3) is 11.0 Å². The van der Waals surface area contributed by atoms with Crippen molar-refractivity contribution >= 4 is 16.7 Å². The summed E-state index contributed by atoms with van der Waals surface area (Å²) < 4.78 is 10.1. The van der Waals surface area contributed by atoms with Gasteiger partial charge in [-0.05, 0) is 28.9 Å². The average molecular weight is 193 g/mol. The lowest BCUT2D eigenvalue weighted by molar-refractivity contribution is 0.305. The second-order valence-corrected chi connectivity index (χ2v) is 2.96. The van der Waals surface area contributed by atoms with Gasteiger partial charge in [-0.25, -0.2) is 4.63 Å². The Hall–Kier alpha value is -1.78. The van der Waals surface area contributed by atoms with Crippen molar-refractivity contribution in [2.75, 3.05) is 12.3 Å². The molecule has 1 heterocycles. The van der Waals surface area contributed by atoms with Gasteiger partial charge in [-0.15, -0.1) is 0 Å². The van der Waals surface area contributed by atoms with E-state index in [1.165, 1.54) is 0 Å². The van der Waals surface area contributed by atoms with Crippen LogP contribution in [0.5, 0.6) is 5.75 Å². The van der Waals surface area contributed by atoms with Gasteiger partial charge in [0.1, 0.15) is 0 Å². The number of rotatable bonds is 3. The summed E-state index contributed by atoms with van der Waals surface area (Å²) >= 11 is 0. The maximum Gasteiger partial charge on any atom is 0.179 e. The minimum Gasteiger partial charge on any atom is -0.491 e. The van der Waals surface area contributed by atoms with Crippen LogP contribution in [0.3, 0.4) is 0 Å². The SMILES string of the molecule is CCCOc1ccc(N)c2nonc12. The van der Waals surface area contributed by atoms with Crippen LogP contribution in [0, 0.1) is 0 Å². The molecule has 5 heteroatoms. The third-order valence-corrected chi connectivity index (χ3v) is 1.87. The largest absolute Gasteiger partial charge is 0.491 e. The topological polar surface area (TPSA) is 74.2 Å². The van der Waals surface area contributed by atoms with Crippen LogP contribution in [0.2, 0.25) is 0 Å². The summed E-state index contributed by atoms with van der Waals surface area (Å²) in [6, 6.07) is 3.51. The van der Waals surface area contributed by atoms with Crippen molar-refractivity contribution in [2.24, 2.45) is 0 Å². The molecule has 0 atom stereocenters. The Morgan fingerprint density at radius 2 is 2.14 bits per heavy atom. The van der Waals surface area contributed by atoms with Crippen LogP contribution in [0.1, 0.15) is 13.3 Å². The number of aromatic nitrogens is 2. The van der Waals surface area contributed by atoms with Crippen LogP contribution in [-0.2, 0) is 0 Å². The van der Waals surface area contributed by atoms with Crippen molar-refractivity contribution < 1.29 is 9.37 Å². The second kappa shape index (κ2) is 3.53. The van der Waals surface area contributed by atoms with Crippen molar-refractivity contribution in [3.05, 3.63) is 12.1 Å². The molecule has 5 nitrogen and oxygen atoms in total. The Labute approximate surface area is 80.8 Å². The molecule has 2 N–H and O–H groups in total. The monoisotopic (exact) mass is 193 g/mol. The minimum absolute atomic E-state index is 0.546. The molecule has 0 saturated heterocycles. The van der Waals surface area contributed by atoms with E-state index in [0.29, 0.717) is 29.1 Å². The maximum atomic E-state index is 5.68. The maximum absolute atomic E-state index is 5.68. The number of nitrogens with zero attached hydrogens (tertiary/aromatic N) is 2. The Balaban J connectivity index is 2.45. The zero-order valence-electron chi connectivity index (χ0n) is 7.86. The zero-order chi connectivity index (χ0) is 9.97. The van der Waals surface area contributed by atoms with Crippen LogP contribution in [0.4, 0.5) is 5.69 Å². The minimum atomic E-state index is 0.546. The lowest BCUT2D eigenvalue weighted by atomic mass is 10.2. The average Bonchev–Trinajstić information content (AvgIpc) is 2.66. The van der Waals surface area contributed by atoms with E-state index in [0.717, 1.165) is 6.42 Å². The molecule has 0 aliphatic rings. The second-order valence-electron chi connectivity index (χ2n) is 2.96. The number of benzene rings is 1. The van der Waals surface area contributed by atoms with E-state index >= 15 is 0 Å². The van der Waals surface area contributed by atoms with E-state index in [1.807, 2.05) is 6.92 Å². The fourth-order valence-corrected chi connectivity index (χ4v) is 1.19. The zero-order valence-corrected chi connectivity index (χ0v) is 7.86. The molecule has 0 aliphatic heterocycles. The molecule has 14 heavy (non-hydrogen) atoms. The summed E-state index contributed by atoms with van der Waals surface area (Å²) in [4.78, 5) is 0. The van der Waals surface area contributed by atoms with Crippen LogP contribution < -0.4 is 10.5 Å². The molecule has 1 aromatic carbocycles. The molecule has 0 amide bonds. The first kappa shape index (κ1) is 8.80. The van der Waals surface area contributed by atoms with Crippen molar-refractivity contribution in [1.29, 1.82) is 0 Å². The molecule has 0 spiro atoms. The molecule has 0 radical (unpaired) electrons.